The molecule has 6 nitrogen and oxygen atoms in total. The number of hydrogen-bond donors (Lipinski definition) is 3. The van der Waals surface area contributed by atoms with Crippen LogP contribution < -0.4 is 10.9 Å². The fourth-order valence-electron chi connectivity index (χ4n) is 2.73. The fourth-order valence-corrected chi connectivity index (χ4v) is 4.40. The molecule has 3 aromatic rings. The van der Waals surface area contributed by atoms with Crippen LogP contribution in [0.2, 0.25) is 0 Å². The number of phenols is 1. The van der Waals surface area contributed by atoms with Crippen molar-refractivity contribution >= 4 is 31.6 Å². The molecule has 0 aliphatic carbocycles. The molecule has 0 aliphatic heterocycles. The van der Waals surface area contributed by atoms with E-state index in [-0.39, 0.29) is 10.6 Å². The summed E-state index contributed by atoms with van der Waals surface area (Å²) in [6.45, 7) is 5.65. The van der Waals surface area contributed by atoms with Crippen molar-refractivity contribution in [3.63, 3.8) is 0 Å². The number of benzene rings is 2. The second-order valence-electron chi connectivity index (χ2n) is 6.05. The first kappa shape index (κ1) is 17.8. The van der Waals surface area contributed by atoms with Gasteiger partial charge < -0.3 is 10.8 Å². The van der Waals surface area contributed by atoms with E-state index in [9.17, 15) is 13.5 Å². The van der Waals surface area contributed by atoms with E-state index in [4.69, 9.17) is 10.9 Å². The SMILES string of the molecule is Cc1c(O)c(C)c2sc(C(N)c3ccc(S(N)(=O)=O)cc3)nc2c1C. The molecular formula is C17H19N3O3S2. The highest BCUT2D eigenvalue weighted by atomic mass is 32.2. The molecule has 132 valence electrons. The van der Waals surface area contributed by atoms with Crippen LogP contribution >= 0.6 is 11.3 Å². The monoisotopic (exact) mass is 377 g/mol. The number of fused-ring (bicyclic) bond motifs is 1. The van der Waals surface area contributed by atoms with E-state index >= 15 is 0 Å². The summed E-state index contributed by atoms with van der Waals surface area (Å²) in [7, 11) is -3.73. The molecule has 5 N–H and O–H groups in total. The summed E-state index contributed by atoms with van der Waals surface area (Å²) in [6, 6.07) is 5.65. The van der Waals surface area contributed by atoms with E-state index < -0.39 is 16.1 Å². The zero-order valence-electron chi connectivity index (χ0n) is 14.1. The molecule has 1 unspecified atom stereocenters. The van der Waals surface area contributed by atoms with Crippen LogP contribution in [0, 0.1) is 20.8 Å². The van der Waals surface area contributed by atoms with Crippen LogP contribution in [0.4, 0.5) is 0 Å². The molecule has 0 fully saturated rings. The van der Waals surface area contributed by atoms with E-state index in [1.54, 1.807) is 12.1 Å². The van der Waals surface area contributed by atoms with Crippen molar-refractivity contribution in [3.05, 3.63) is 51.5 Å². The van der Waals surface area contributed by atoms with Gasteiger partial charge in [0, 0.05) is 5.56 Å². The Morgan fingerprint density at radius 1 is 1.08 bits per heavy atom. The van der Waals surface area contributed by atoms with Gasteiger partial charge in [0.15, 0.2) is 0 Å². The molecule has 1 heterocycles. The Kier molecular flexibility index (Phi) is 4.32. The van der Waals surface area contributed by atoms with Crippen LogP contribution in [0.3, 0.4) is 0 Å². The third-order valence-corrected chi connectivity index (χ3v) is 6.63. The van der Waals surface area contributed by atoms with Crippen molar-refractivity contribution in [2.45, 2.75) is 31.7 Å². The summed E-state index contributed by atoms with van der Waals surface area (Å²) >= 11 is 1.43. The predicted molar refractivity (Wildman–Crippen MR) is 99.3 cm³/mol. The van der Waals surface area contributed by atoms with Gasteiger partial charge in [-0.2, -0.15) is 0 Å². The largest absolute Gasteiger partial charge is 0.507 e. The number of aromatic nitrogens is 1. The molecule has 3 rings (SSSR count). The number of sulfonamides is 1. The number of thiazole rings is 1. The Morgan fingerprint density at radius 3 is 2.24 bits per heavy atom. The lowest BCUT2D eigenvalue weighted by atomic mass is 10.0. The first-order valence-corrected chi connectivity index (χ1v) is 9.95. The minimum Gasteiger partial charge on any atom is -0.507 e. The van der Waals surface area contributed by atoms with Crippen molar-refractivity contribution < 1.29 is 13.5 Å². The van der Waals surface area contributed by atoms with Gasteiger partial charge in [-0.1, -0.05) is 12.1 Å². The number of nitrogens with two attached hydrogens (primary N) is 2. The topological polar surface area (TPSA) is 119 Å². The summed E-state index contributed by atoms with van der Waals surface area (Å²) in [6.07, 6.45) is 0. The van der Waals surface area contributed by atoms with Gasteiger partial charge >= 0.3 is 0 Å². The van der Waals surface area contributed by atoms with Crippen LogP contribution in [0.5, 0.6) is 5.75 Å². The summed E-state index contributed by atoms with van der Waals surface area (Å²) in [4.78, 5) is 4.70. The summed E-state index contributed by atoms with van der Waals surface area (Å²) in [5, 5.41) is 16.1. The quantitative estimate of drug-likeness (QED) is 0.648. The van der Waals surface area contributed by atoms with Crippen molar-refractivity contribution in [1.82, 2.24) is 4.98 Å². The average Bonchev–Trinajstić information content (AvgIpc) is 3.02. The minimum absolute atomic E-state index is 0.0417. The first-order valence-electron chi connectivity index (χ1n) is 7.58. The molecule has 25 heavy (non-hydrogen) atoms. The number of nitrogens with zero attached hydrogens (tertiary/aromatic N) is 1. The molecule has 1 aromatic heterocycles. The third-order valence-electron chi connectivity index (χ3n) is 4.45. The highest BCUT2D eigenvalue weighted by Crippen LogP contribution is 2.38. The van der Waals surface area contributed by atoms with Crippen LogP contribution in [-0.2, 0) is 10.0 Å². The standard InChI is InChI=1S/C17H19N3O3S2/c1-8-9(2)15(21)10(3)16-14(8)20-17(24-16)13(18)11-4-6-12(7-5-11)25(19,22)23/h4-7,13,21H,18H2,1-3H3,(H2,19,22,23). The highest BCUT2D eigenvalue weighted by Gasteiger charge is 2.20. The first-order chi connectivity index (χ1) is 11.6. The average molecular weight is 377 g/mol. The number of phenolic OH excluding ortho intramolecular Hbond substituents is 1. The number of rotatable bonds is 3. The van der Waals surface area contributed by atoms with Gasteiger partial charge in [0.05, 0.1) is 21.2 Å². The molecule has 0 radical (unpaired) electrons. The zero-order chi connectivity index (χ0) is 18.5. The van der Waals surface area contributed by atoms with Gasteiger partial charge in [0.1, 0.15) is 10.8 Å². The molecule has 0 spiro atoms. The van der Waals surface area contributed by atoms with E-state index in [1.807, 2.05) is 20.8 Å². The van der Waals surface area contributed by atoms with Gasteiger partial charge in [0.25, 0.3) is 0 Å². The lowest BCUT2D eigenvalue weighted by molar-refractivity contribution is 0.467. The van der Waals surface area contributed by atoms with E-state index in [0.29, 0.717) is 5.01 Å². The third kappa shape index (κ3) is 3.02. The molecule has 0 saturated heterocycles. The van der Waals surface area contributed by atoms with Gasteiger partial charge in [-0.15, -0.1) is 11.3 Å². The molecule has 0 amide bonds. The molecular weight excluding hydrogens is 358 g/mol. The van der Waals surface area contributed by atoms with Gasteiger partial charge in [-0.25, -0.2) is 18.5 Å². The Balaban J connectivity index is 2.07. The Bertz CT molecular complexity index is 1030. The number of aryl methyl sites for hydroxylation is 2. The lowest BCUT2D eigenvalue weighted by Gasteiger charge is -2.09. The molecule has 8 heteroatoms. The summed E-state index contributed by atoms with van der Waals surface area (Å²) in [5.74, 6) is 0.284. The number of aromatic hydroxyl groups is 1. The lowest BCUT2D eigenvalue weighted by Crippen LogP contribution is -2.14. The highest BCUT2D eigenvalue weighted by molar-refractivity contribution is 7.89. The molecule has 0 saturated carbocycles. The van der Waals surface area contributed by atoms with Crippen LogP contribution in [0.25, 0.3) is 10.2 Å². The summed E-state index contributed by atoms with van der Waals surface area (Å²) < 4.78 is 23.6. The maximum atomic E-state index is 11.4. The minimum atomic E-state index is -3.73. The number of primary sulfonamides is 1. The summed E-state index contributed by atoms with van der Waals surface area (Å²) in [5.41, 5.74) is 10.4. The zero-order valence-corrected chi connectivity index (χ0v) is 15.7. The van der Waals surface area contributed by atoms with E-state index in [1.165, 1.54) is 23.5 Å². The van der Waals surface area contributed by atoms with Crippen molar-refractivity contribution in [2.24, 2.45) is 10.9 Å². The smallest absolute Gasteiger partial charge is 0.238 e. The van der Waals surface area contributed by atoms with Gasteiger partial charge in [-0.3, -0.25) is 0 Å². The van der Waals surface area contributed by atoms with Crippen molar-refractivity contribution in [2.75, 3.05) is 0 Å². The van der Waals surface area contributed by atoms with E-state index in [2.05, 4.69) is 4.98 Å². The Morgan fingerprint density at radius 2 is 1.68 bits per heavy atom. The van der Waals surface area contributed by atoms with Crippen LogP contribution in [-0.4, -0.2) is 18.5 Å². The second-order valence-corrected chi connectivity index (χ2v) is 8.64. The molecule has 0 bridgehead atoms. The van der Waals surface area contributed by atoms with Crippen molar-refractivity contribution in [3.8, 4) is 5.75 Å². The molecule has 0 aliphatic rings. The predicted octanol–water partition coefficient (Wildman–Crippen LogP) is 2.62. The molecule has 2 aromatic carbocycles. The Labute approximate surface area is 150 Å². The van der Waals surface area contributed by atoms with E-state index in [0.717, 1.165) is 32.5 Å². The normalized spacial score (nSPS) is 13.3. The van der Waals surface area contributed by atoms with Gasteiger partial charge in [-0.05, 0) is 49.6 Å². The maximum Gasteiger partial charge on any atom is 0.238 e. The van der Waals surface area contributed by atoms with Crippen LogP contribution in [0.15, 0.2) is 29.2 Å². The van der Waals surface area contributed by atoms with Crippen LogP contribution in [0.1, 0.15) is 33.3 Å². The second kappa shape index (κ2) is 6.06. The fraction of sp³-hybridized carbons (Fsp3) is 0.235. The number of hydrogen-bond acceptors (Lipinski definition) is 6. The van der Waals surface area contributed by atoms with Crippen molar-refractivity contribution in [1.29, 1.82) is 0 Å². The molecule has 1 atom stereocenters. The maximum absolute atomic E-state index is 11.4. The van der Waals surface area contributed by atoms with Gasteiger partial charge in [0.2, 0.25) is 10.0 Å². The Hall–Kier alpha value is -2.00.